The number of hydrogen-bond acceptors (Lipinski definition) is 5. The molecule has 1 aromatic rings. The number of fused-ring (bicyclic) bond motifs is 1. The molecule has 128 valence electrons. The van der Waals surface area contributed by atoms with Crippen LogP contribution in [0.25, 0.3) is 0 Å². The largest absolute Gasteiger partial charge is 0.372 e. The highest BCUT2D eigenvalue weighted by Crippen LogP contribution is 2.34. The van der Waals surface area contributed by atoms with E-state index in [4.69, 9.17) is 9.47 Å². The summed E-state index contributed by atoms with van der Waals surface area (Å²) < 4.78 is 38.4. The molecule has 0 unspecified atom stereocenters. The molecule has 1 saturated heterocycles. The van der Waals surface area contributed by atoms with E-state index in [0.717, 1.165) is 18.4 Å². The number of rotatable bonds is 6. The average Bonchev–Trinajstić information content (AvgIpc) is 2.97. The van der Waals surface area contributed by atoms with Gasteiger partial charge in [0.15, 0.2) is 0 Å². The number of nitrogens with zero attached hydrogens (tertiary/aromatic N) is 2. The monoisotopic (exact) mass is 340 g/mol. The molecule has 7 heteroatoms. The molecule has 1 aliphatic heterocycles. The molecule has 2 aliphatic rings. The summed E-state index contributed by atoms with van der Waals surface area (Å²) in [5, 5.41) is 0. The molecule has 1 aliphatic carbocycles. The molecule has 3 rings (SSSR count). The lowest BCUT2D eigenvalue weighted by Crippen LogP contribution is -2.54. The maximum Gasteiger partial charge on any atom is 0.214 e. The molecule has 0 N–H and O–H groups in total. The summed E-state index contributed by atoms with van der Waals surface area (Å²) in [6.07, 6.45) is 5.55. The Balaban J connectivity index is 1.64. The first-order valence-electron chi connectivity index (χ1n) is 8.23. The van der Waals surface area contributed by atoms with E-state index < -0.39 is 10.0 Å². The molecular weight excluding hydrogens is 316 g/mol. The van der Waals surface area contributed by atoms with Crippen molar-refractivity contribution in [2.24, 2.45) is 0 Å². The molecule has 1 saturated carbocycles. The standard InChI is InChI=1S/C16H24N2O4S/c1-2-11-23(19,20)18-9-10-21-16-14(18)3-4-15(16)22-12-13-5-7-17-8-6-13/h5-8,14-16H,2-4,9-12H2,1H3/t14-,15-,16+/m0/s1. The maximum atomic E-state index is 12.4. The van der Waals surface area contributed by atoms with E-state index >= 15 is 0 Å². The van der Waals surface area contributed by atoms with Crippen LogP contribution in [-0.4, -0.2) is 54.9 Å². The molecule has 0 bridgehead atoms. The second-order valence-corrected chi connectivity index (χ2v) is 8.15. The molecule has 0 spiro atoms. The Morgan fingerprint density at radius 3 is 2.87 bits per heavy atom. The van der Waals surface area contributed by atoms with Gasteiger partial charge in [-0.2, -0.15) is 4.31 Å². The number of aromatic nitrogens is 1. The molecule has 6 nitrogen and oxygen atoms in total. The lowest BCUT2D eigenvalue weighted by atomic mass is 10.1. The Kier molecular flexibility index (Phi) is 5.31. The van der Waals surface area contributed by atoms with Crippen molar-refractivity contribution in [2.45, 2.75) is 51.0 Å². The van der Waals surface area contributed by atoms with E-state index in [0.29, 0.717) is 26.2 Å². The van der Waals surface area contributed by atoms with Crippen molar-refractivity contribution >= 4 is 10.0 Å². The number of hydrogen-bond donors (Lipinski definition) is 0. The zero-order valence-corrected chi connectivity index (χ0v) is 14.2. The minimum atomic E-state index is -3.19. The van der Waals surface area contributed by atoms with Crippen LogP contribution in [0.2, 0.25) is 0 Å². The van der Waals surface area contributed by atoms with E-state index in [9.17, 15) is 8.42 Å². The van der Waals surface area contributed by atoms with Gasteiger partial charge in [-0.25, -0.2) is 8.42 Å². The van der Waals surface area contributed by atoms with Gasteiger partial charge < -0.3 is 9.47 Å². The fourth-order valence-corrected chi connectivity index (χ4v) is 5.20. The van der Waals surface area contributed by atoms with Gasteiger partial charge in [-0.1, -0.05) is 6.92 Å². The zero-order chi connectivity index (χ0) is 16.3. The van der Waals surface area contributed by atoms with Crippen molar-refractivity contribution in [3.8, 4) is 0 Å². The van der Waals surface area contributed by atoms with Crippen LogP contribution >= 0.6 is 0 Å². The summed E-state index contributed by atoms with van der Waals surface area (Å²) in [5.74, 6) is 0.207. The first-order chi connectivity index (χ1) is 11.1. The second-order valence-electron chi connectivity index (χ2n) is 6.11. The molecule has 23 heavy (non-hydrogen) atoms. The summed E-state index contributed by atoms with van der Waals surface area (Å²) in [6, 6.07) is 3.76. The third kappa shape index (κ3) is 3.74. The Hall–Kier alpha value is -1.02. The van der Waals surface area contributed by atoms with Crippen molar-refractivity contribution in [1.29, 1.82) is 0 Å². The van der Waals surface area contributed by atoms with E-state index in [1.807, 2.05) is 19.1 Å². The van der Waals surface area contributed by atoms with Gasteiger partial charge in [-0.05, 0) is 37.0 Å². The van der Waals surface area contributed by atoms with Gasteiger partial charge in [-0.15, -0.1) is 0 Å². The van der Waals surface area contributed by atoms with Crippen LogP contribution in [0.4, 0.5) is 0 Å². The average molecular weight is 340 g/mol. The quantitative estimate of drug-likeness (QED) is 0.786. The van der Waals surface area contributed by atoms with Crippen molar-refractivity contribution in [3.63, 3.8) is 0 Å². The second kappa shape index (κ2) is 7.25. The van der Waals surface area contributed by atoms with E-state index in [1.54, 1.807) is 16.7 Å². The van der Waals surface area contributed by atoms with Crippen LogP contribution in [0.1, 0.15) is 31.7 Å². The molecule has 0 radical (unpaired) electrons. The molecule has 2 fully saturated rings. The van der Waals surface area contributed by atoms with Crippen LogP contribution in [0.5, 0.6) is 0 Å². The predicted octanol–water partition coefficient (Wildman–Crippen LogP) is 1.57. The lowest BCUT2D eigenvalue weighted by molar-refractivity contribution is -0.100. The summed E-state index contributed by atoms with van der Waals surface area (Å²) in [4.78, 5) is 3.99. The zero-order valence-electron chi connectivity index (χ0n) is 13.4. The van der Waals surface area contributed by atoms with Crippen LogP contribution in [0, 0.1) is 0 Å². The van der Waals surface area contributed by atoms with Crippen LogP contribution in [0.3, 0.4) is 0 Å². The van der Waals surface area contributed by atoms with Crippen molar-refractivity contribution in [2.75, 3.05) is 18.9 Å². The number of pyridine rings is 1. The maximum absolute atomic E-state index is 12.4. The van der Waals surface area contributed by atoms with E-state index in [1.165, 1.54) is 0 Å². The van der Waals surface area contributed by atoms with Crippen molar-refractivity contribution in [3.05, 3.63) is 30.1 Å². The first-order valence-corrected chi connectivity index (χ1v) is 9.84. The highest BCUT2D eigenvalue weighted by molar-refractivity contribution is 7.89. The van der Waals surface area contributed by atoms with E-state index in [2.05, 4.69) is 4.98 Å². The number of ether oxygens (including phenoxy) is 2. The third-order valence-corrected chi connectivity index (χ3v) is 6.61. The van der Waals surface area contributed by atoms with Gasteiger partial charge >= 0.3 is 0 Å². The topological polar surface area (TPSA) is 68.7 Å². The smallest absolute Gasteiger partial charge is 0.214 e. The van der Waals surface area contributed by atoms with Crippen molar-refractivity contribution < 1.29 is 17.9 Å². The van der Waals surface area contributed by atoms with Gasteiger partial charge in [-0.3, -0.25) is 4.98 Å². The van der Waals surface area contributed by atoms with Gasteiger partial charge in [0.1, 0.15) is 6.10 Å². The minimum Gasteiger partial charge on any atom is -0.372 e. The fraction of sp³-hybridized carbons (Fsp3) is 0.688. The summed E-state index contributed by atoms with van der Waals surface area (Å²) in [6.45, 7) is 3.30. The highest BCUT2D eigenvalue weighted by Gasteiger charge is 2.46. The fourth-order valence-electron chi connectivity index (χ4n) is 3.46. The SMILES string of the molecule is CCCS(=O)(=O)N1CCO[C@H]2[C@@H](OCc3ccncc3)CC[C@@H]21. The van der Waals surface area contributed by atoms with Gasteiger partial charge in [0.2, 0.25) is 10.0 Å². The first kappa shape index (κ1) is 16.8. The van der Waals surface area contributed by atoms with Gasteiger partial charge in [0.25, 0.3) is 0 Å². The van der Waals surface area contributed by atoms with Gasteiger partial charge in [0, 0.05) is 18.9 Å². The number of morpholine rings is 1. The molecular formula is C16H24N2O4S. The number of sulfonamides is 1. The molecule has 0 aromatic carbocycles. The summed E-state index contributed by atoms with van der Waals surface area (Å²) in [5.41, 5.74) is 1.06. The normalized spacial score (nSPS) is 28.7. The predicted molar refractivity (Wildman–Crippen MR) is 86.4 cm³/mol. The Morgan fingerprint density at radius 2 is 2.13 bits per heavy atom. The molecule has 0 amide bonds. The molecule has 3 atom stereocenters. The Labute approximate surface area is 137 Å². The van der Waals surface area contributed by atoms with Crippen LogP contribution in [-0.2, 0) is 26.1 Å². The summed E-state index contributed by atoms with van der Waals surface area (Å²) >= 11 is 0. The van der Waals surface area contributed by atoms with Crippen LogP contribution < -0.4 is 0 Å². The summed E-state index contributed by atoms with van der Waals surface area (Å²) in [7, 11) is -3.19. The third-order valence-electron chi connectivity index (χ3n) is 4.52. The van der Waals surface area contributed by atoms with E-state index in [-0.39, 0.29) is 24.0 Å². The minimum absolute atomic E-state index is 0.0483. The Bertz CT molecular complexity index is 608. The molecule has 1 aromatic heterocycles. The lowest BCUT2D eigenvalue weighted by Gasteiger charge is -2.38. The van der Waals surface area contributed by atoms with Gasteiger partial charge in [0.05, 0.1) is 31.1 Å². The van der Waals surface area contributed by atoms with Crippen LogP contribution in [0.15, 0.2) is 24.5 Å². The molecule has 2 heterocycles. The van der Waals surface area contributed by atoms with Crippen molar-refractivity contribution in [1.82, 2.24) is 9.29 Å². The highest BCUT2D eigenvalue weighted by atomic mass is 32.2. The Morgan fingerprint density at radius 1 is 1.35 bits per heavy atom.